The van der Waals surface area contributed by atoms with Gasteiger partial charge in [0.15, 0.2) is 17.8 Å². The molecular formula is C11H12BrNO4. The third kappa shape index (κ3) is 2.15. The number of aliphatic hydroxyl groups is 1. The van der Waals surface area contributed by atoms with Gasteiger partial charge in [0.2, 0.25) is 0 Å². The van der Waals surface area contributed by atoms with Crippen molar-refractivity contribution in [2.24, 2.45) is 5.73 Å². The van der Waals surface area contributed by atoms with Crippen LogP contribution in [0.1, 0.15) is 22.0 Å². The molecule has 1 unspecified atom stereocenters. The summed E-state index contributed by atoms with van der Waals surface area (Å²) in [5, 5.41) is 9.80. The van der Waals surface area contributed by atoms with Crippen LogP contribution in [-0.2, 0) is 0 Å². The highest BCUT2D eigenvalue weighted by Crippen LogP contribution is 2.42. The van der Waals surface area contributed by atoms with Gasteiger partial charge in [-0.05, 0) is 22.0 Å². The van der Waals surface area contributed by atoms with E-state index in [1.165, 1.54) is 0 Å². The minimum absolute atomic E-state index is 0.0721. The van der Waals surface area contributed by atoms with E-state index in [9.17, 15) is 9.90 Å². The lowest BCUT2D eigenvalue weighted by Gasteiger charge is -2.24. The first kappa shape index (κ1) is 12.3. The SMILES string of the molecule is NCC(O)c1cc(Br)c(C=O)c2c1OCCO2. The molecule has 5 nitrogen and oxygen atoms in total. The molecule has 1 atom stereocenters. The summed E-state index contributed by atoms with van der Waals surface area (Å²) >= 11 is 3.27. The lowest BCUT2D eigenvalue weighted by molar-refractivity contribution is 0.110. The summed E-state index contributed by atoms with van der Waals surface area (Å²) in [7, 11) is 0. The fraction of sp³-hybridized carbons (Fsp3) is 0.364. The predicted molar refractivity (Wildman–Crippen MR) is 64.5 cm³/mol. The molecule has 1 heterocycles. The fourth-order valence-corrected chi connectivity index (χ4v) is 2.23. The number of aliphatic hydroxyl groups excluding tert-OH is 1. The molecule has 0 spiro atoms. The molecule has 0 aromatic heterocycles. The summed E-state index contributed by atoms with van der Waals surface area (Å²) < 4.78 is 11.4. The summed E-state index contributed by atoms with van der Waals surface area (Å²) in [6.45, 7) is 0.836. The second-order valence-corrected chi connectivity index (χ2v) is 4.44. The first-order valence-electron chi connectivity index (χ1n) is 5.14. The number of ether oxygens (including phenoxy) is 2. The van der Waals surface area contributed by atoms with Crippen LogP contribution in [0.5, 0.6) is 11.5 Å². The van der Waals surface area contributed by atoms with Gasteiger partial charge in [0.05, 0.1) is 11.7 Å². The van der Waals surface area contributed by atoms with Gasteiger partial charge in [-0.1, -0.05) is 0 Å². The number of halogens is 1. The van der Waals surface area contributed by atoms with E-state index in [1.54, 1.807) is 6.07 Å². The largest absolute Gasteiger partial charge is 0.486 e. The number of hydrogen-bond acceptors (Lipinski definition) is 5. The fourth-order valence-electron chi connectivity index (χ4n) is 1.71. The van der Waals surface area contributed by atoms with Crippen molar-refractivity contribution in [2.75, 3.05) is 19.8 Å². The van der Waals surface area contributed by atoms with E-state index in [0.717, 1.165) is 0 Å². The summed E-state index contributed by atoms with van der Waals surface area (Å²) in [6.07, 6.45) is -0.154. The zero-order valence-corrected chi connectivity index (χ0v) is 10.6. The van der Waals surface area contributed by atoms with E-state index in [4.69, 9.17) is 15.2 Å². The van der Waals surface area contributed by atoms with Crippen molar-refractivity contribution in [3.8, 4) is 11.5 Å². The van der Waals surface area contributed by atoms with Crippen molar-refractivity contribution in [2.45, 2.75) is 6.10 Å². The molecule has 17 heavy (non-hydrogen) atoms. The molecule has 1 aromatic rings. The van der Waals surface area contributed by atoms with Crippen LogP contribution < -0.4 is 15.2 Å². The minimum Gasteiger partial charge on any atom is -0.486 e. The molecule has 0 saturated carbocycles. The first-order chi connectivity index (χ1) is 8.19. The third-order valence-corrected chi connectivity index (χ3v) is 3.18. The zero-order chi connectivity index (χ0) is 12.4. The molecule has 0 radical (unpaired) electrons. The molecular weight excluding hydrogens is 290 g/mol. The summed E-state index contributed by atoms with van der Waals surface area (Å²) in [5.41, 5.74) is 6.34. The Morgan fingerprint density at radius 1 is 1.47 bits per heavy atom. The van der Waals surface area contributed by atoms with Crippen LogP contribution >= 0.6 is 15.9 Å². The van der Waals surface area contributed by atoms with Gasteiger partial charge in [-0.3, -0.25) is 4.79 Å². The van der Waals surface area contributed by atoms with E-state index in [1.807, 2.05) is 0 Å². The molecule has 6 heteroatoms. The van der Waals surface area contributed by atoms with Gasteiger partial charge in [-0.2, -0.15) is 0 Å². The van der Waals surface area contributed by atoms with Gasteiger partial charge in [0.1, 0.15) is 13.2 Å². The van der Waals surface area contributed by atoms with Gasteiger partial charge < -0.3 is 20.3 Å². The van der Waals surface area contributed by atoms with Crippen LogP contribution in [0.25, 0.3) is 0 Å². The van der Waals surface area contributed by atoms with Crippen molar-refractivity contribution >= 4 is 22.2 Å². The Morgan fingerprint density at radius 3 is 2.71 bits per heavy atom. The van der Waals surface area contributed by atoms with Crippen LogP contribution in [-0.4, -0.2) is 31.2 Å². The molecule has 0 amide bonds. The monoisotopic (exact) mass is 301 g/mol. The normalized spacial score (nSPS) is 15.5. The van der Waals surface area contributed by atoms with Crippen molar-refractivity contribution in [1.29, 1.82) is 0 Å². The number of nitrogens with two attached hydrogens (primary N) is 1. The first-order valence-corrected chi connectivity index (χ1v) is 5.93. The second-order valence-electron chi connectivity index (χ2n) is 3.59. The zero-order valence-electron chi connectivity index (χ0n) is 8.98. The topological polar surface area (TPSA) is 81.8 Å². The smallest absolute Gasteiger partial charge is 0.173 e. The number of aldehydes is 1. The maximum atomic E-state index is 11.0. The van der Waals surface area contributed by atoms with Crippen LogP contribution in [0.2, 0.25) is 0 Å². The lowest BCUT2D eigenvalue weighted by Crippen LogP contribution is -2.21. The molecule has 3 N–H and O–H groups in total. The Balaban J connectivity index is 2.62. The van der Waals surface area contributed by atoms with Gasteiger partial charge in [0, 0.05) is 16.6 Å². The molecule has 1 aliphatic heterocycles. The Bertz CT molecular complexity index is 450. The number of carbonyl (C=O) groups is 1. The Labute approximate surface area is 107 Å². The number of carbonyl (C=O) groups excluding carboxylic acids is 1. The second kappa shape index (κ2) is 5.03. The van der Waals surface area contributed by atoms with E-state index in [0.29, 0.717) is 46.6 Å². The van der Waals surface area contributed by atoms with Gasteiger partial charge in [-0.25, -0.2) is 0 Å². The third-order valence-electron chi connectivity index (χ3n) is 2.53. The Hall–Kier alpha value is -1.11. The number of fused-ring (bicyclic) bond motifs is 1. The van der Waals surface area contributed by atoms with Crippen molar-refractivity contribution in [1.82, 2.24) is 0 Å². The number of rotatable bonds is 3. The summed E-state index contributed by atoms with van der Waals surface area (Å²) in [5.74, 6) is 0.766. The molecule has 2 rings (SSSR count). The number of benzene rings is 1. The average molecular weight is 302 g/mol. The van der Waals surface area contributed by atoms with Gasteiger partial charge in [0.25, 0.3) is 0 Å². The summed E-state index contributed by atoms with van der Waals surface area (Å²) in [6, 6.07) is 1.63. The van der Waals surface area contributed by atoms with E-state index in [2.05, 4.69) is 15.9 Å². The van der Waals surface area contributed by atoms with E-state index in [-0.39, 0.29) is 6.54 Å². The molecule has 92 valence electrons. The highest BCUT2D eigenvalue weighted by molar-refractivity contribution is 9.10. The lowest BCUT2D eigenvalue weighted by atomic mass is 10.0. The van der Waals surface area contributed by atoms with Crippen molar-refractivity contribution in [3.63, 3.8) is 0 Å². The quantitative estimate of drug-likeness (QED) is 0.815. The van der Waals surface area contributed by atoms with Crippen molar-refractivity contribution < 1.29 is 19.4 Å². The maximum Gasteiger partial charge on any atom is 0.173 e. The molecule has 0 aliphatic carbocycles. The van der Waals surface area contributed by atoms with Crippen molar-refractivity contribution in [3.05, 3.63) is 21.7 Å². The van der Waals surface area contributed by atoms with Crippen LogP contribution in [0.3, 0.4) is 0 Å². The summed E-state index contributed by atoms with van der Waals surface area (Å²) in [4.78, 5) is 11.0. The van der Waals surface area contributed by atoms with E-state index < -0.39 is 6.10 Å². The highest BCUT2D eigenvalue weighted by atomic mass is 79.9. The molecule has 1 aliphatic rings. The minimum atomic E-state index is -0.845. The number of hydrogen-bond donors (Lipinski definition) is 2. The molecule has 1 aromatic carbocycles. The van der Waals surface area contributed by atoms with E-state index >= 15 is 0 Å². The Kier molecular flexibility index (Phi) is 3.66. The van der Waals surface area contributed by atoms with Crippen LogP contribution in [0.4, 0.5) is 0 Å². The maximum absolute atomic E-state index is 11.0. The standard InChI is InChI=1S/C11H12BrNO4/c12-8-3-6(9(15)4-13)10-11(7(8)5-14)17-2-1-16-10/h3,5,9,15H,1-2,4,13H2. The molecule has 0 saturated heterocycles. The molecule has 0 bridgehead atoms. The van der Waals surface area contributed by atoms with Gasteiger partial charge in [-0.15, -0.1) is 0 Å². The average Bonchev–Trinajstić information content (AvgIpc) is 2.37. The van der Waals surface area contributed by atoms with Crippen LogP contribution in [0.15, 0.2) is 10.5 Å². The predicted octanol–water partition coefficient (Wildman–Crippen LogP) is 1.02. The highest BCUT2D eigenvalue weighted by Gasteiger charge is 2.25. The Morgan fingerprint density at radius 2 is 2.12 bits per heavy atom. The molecule has 0 fully saturated rings. The van der Waals surface area contributed by atoms with Crippen LogP contribution in [0, 0.1) is 0 Å². The van der Waals surface area contributed by atoms with Gasteiger partial charge >= 0.3 is 0 Å².